The van der Waals surface area contributed by atoms with Crippen LogP contribution in [0.25, 0.3) is 0 Å². The summed E-state index contributed by atoms with van der Waals surface area (Å²) in [5, 5.41) is 3.06. The molecule has 0 atom stereocenters. The van der Waals surface area contributed by atoms with Crippen molar-refractivity contribution in [3.63, 3.8) is 0 Å². The molecule has 0 spiro atoms. The van der Waals surface area contributed by atoms with Crippen LogP contribution >= 0.6 is 11.6 Å². The zero-order valence-corrected chi connectivity index (χ0v) is 9.79. The van der Waals surface area contributed by atoms with Gasteiger partial charge in [0, 0.05) is 0 Å². The van der Waals surface area contributed by atoms with E-state index in [4.69, 9.17) is 17.3 Å². The van der Waals surface area contributed by atoms with Crippen molar-refractivity contribution < 1.29 is 4.39 Å². The molecule has 0 bridgehead atoms. The Morgan fingerprint density at radius 1 is 1.41 bits per heavy atom. The zero-order chi connectivity index (χ0) is 12.4. The average Bonchev–Trinajstić information content (AvgIpc) is 2.28. The summed E-state index contributed by atoms with van der Waals surface area (Å²) in [4.78, 5) is 7.62. The number of anilines is 3. The molecule has 2 aromatic rings. The lowest BCUT2D eigenvalue weighted by Crippen LogP contribution is -2.01. The molecule has 0 fully saturated rings. The van der Waals surface area contributed by atoms with Crippen LogP contribution in [0.3, 0.4) is 0 Å². The van der Waals surface area contributed by atoms with E-state index in [2.05, 4.69) is 15.3 Å². The highest BCUT2D eigenvalue weighted by atomic mass is 35.5. The number of benzene rings is 1. The van der Waals surface area contributed by atoms with Crippen LogP contribution in [0.1, 0.15) is 5.56 Å². The van der Waals surface area contributed by atoms with E-state index in [1.807, 2.05) is 6.92 Å². The quantitative estimate of drug-likeness (QED) is 0.863. The summed E-state index contributed by atoms with van der Waals surface area (Å²) in [6, 6.07) is 4.70. The number of nitrogens with two attached hydrogens (primary N) is 1. The minimum Gasteiger partial charge on any atom is -0.368 e. The molecule has 4 nitrogen and oxygen atoms in total. The van der Waals surface area contributed by atoms with Gasteiger partial charge >= 0.3 is 0 Å². The molecule has 0 aliphatic heterocycles. The van der Waals surface area contributed by atoms with E-state index >= 15 is 0 Å². The molecule has 17 heavy (non-hydrogen) atoms. The van der Waals surface area contributed by atoms with Crippen molar-refractivity contribution in [2.75, 3.05) is 11.1 Å². The van der Waals surface area contributed by atoms with Gasteiger partial charge in [0.15, 0.2) is 5.82 Å². The number of rotatable bonds is 2. The average molecular weight is 253 g/mol. The lowest BCUT2D eigenvalue weighted by atomic mass is 10.2. The summed E-state index contributed by atoms with van der Waals surface area (Å²) in [6.45, 7) is 1.86. The Morgan fingerprint density at radius 3 is 2.94 bits per heavy atom. The number of nitrogens with zero attached hydrogens (tertiary/aromatic N) is 2. The third kappa shape index (κ3) is 2.62. The van der Waals surface area contributed by atoms with Crippen LogP contribution in [-0.4, -0.2) is 9.97 Å². The van der Waals surface area contributed by atoms with E-state index in [-0.39, 0.29) is 22.6 Å². The van der Waals surface area contributed by atoms with Gasteiger partial charge in [-0.05, 0) is 24.6 Å². The summed E-state index contributed by atoms with van der Waals surface area (Å²) in [5.74, 6) is -0.0301. The highest BCUT2D eigenvalue weighted by molar-refractivity contribution is 6.32. The van der Waals surface area contributed by atoms with E-state index in [9.17, 15) is 4.39 Å². The molecular formula is C11H10ClFN4. The molecule has 0 radical (unpaired) electrons. The van der Waals surface area contributed by atoms with Crippen molar-refractivity contribution in [1.82, 2.24) is 9.97 Å². The van der Waals surface area contributed by atoms with E-state index in [1.165, 1.54) is 12.3 Å². The fraction of sp³-hybridized carbons (Fsp3) is 0.0909. The second kappa shape index (κ2) is 4.55. The maximum absolute atomic E-state index is 13.5. The normalized spacial score (nSPS) is 10.3. The highest BCUT2D eigenvalue weighted by Gasteiger charge is 2.07. The van der Waals surface area contributed by atoms with Crippen LogP contribution in [-0.2, 0) is 0 Å². The van der Waals surface area contributed by atoms with Crippen LogP contribution in [0.15, 0.2) is 24.4 Å². The van der Waals surface area contributed by atoms with Gasteiger partial charge in [0.1, 0.15) is 10.8 Å². The standard InChI is InChI=1S/C11H10ClFN4/c1-6-2-3-8(13)9(4-6)16-10-7(12)5-15-11(14)17-10/h2-5H,1H3,(H3,14,15,16,17). The van der Waals surface area contributed by atoms with Gasteiger partial charge in [-0.25, -0.2) is 9.37 Å². The highest BCUT2D eigenvalue weighted by Crippen LogP contribution is 2.25. The van der Waals surface area contributed by atoms with E-state index in [0.29, 0.717) is 5.69 Å². The molecule has 88 valence electrons. The minimum atomic E-state index is -0.385. The number of nitrogens with one attached hydrogen (secondary N) is 1. The molecule has 0 aliphatic rings. The summed E-state index contributed by atoms with van der Waals surface area (Å²) >= 11 is 5.87. The van der Waals surface area contributed by atoms with Crippen LogP contribution < -0.4 is 11.1 Å². The van der Waals surface area contributed by atoms with E-state index in [1.54, 1.807) is 12.1 Å². The molecule has 0 aliphatic carbocycles. The van der Waals surface area contributed by atoms with Gasteiger partial charge in [0.25, 0.3) is 0 Å². The lowest BCUT2D eigenvalue weighted by molar-refractivity contribution is 0.631. The molecule has 0 saturated carbocycles. The van der Waals surface area contributed by atoms with Gasteiger partial charge in [-0.1, -0.05) is 17.7 Å². The Labute approximate surface area is 103 Å². The molecule has 3 N–H and O–H groups in total. The fourth-order valence-corrected chi connectivity index (χ4v) is 1.47. The minimum absolute atomic E-state index is 0.0740. The maximum Gasteiger partial charge on any atom is 0.222 e. The van der Waals surface area contributed by atoms with Crippen molar-refractivity contribution in [3.05, 3.63) is 40.8 Å². The number of hydrogen-bond acceptors (Lipinski definition) is 4. The Kier molecular flexibility index (Phi) is 3.10. The monoisotopic (exact) mass is 252 g/mol. The third-order valence-electron chi connectivity index (χ3n) is 2.14. The molecular weight excluding hydrogens is 243 g/mol. The van der Waals surface area contributed by atoms with Crippen molar-refractivity contribution >= 4 is 29.1 Å². The van der Waals surface area contributed by atoms with Crippen molar-refractivity contribution in [3.8, 4) is 0 Å². The van der Waals surface area contributed by atoms with Gasteiger partial charge in [0.05, 0.1) is 11.9 Å². The number of aryl methyl sites for hydroxylation is 1. The summed E-state index contributed by atoms with van der Waals surface area (Å²) < 4.78 is 13.5. The van der Waals surface area contributed by atoms with Gasteiger partial charge in [-0.2, -0.15) is 4.98 Å². The lowest BCUT2D eigenvalue weighted by Gasteiger charge is -2.09. The van der Waals surface area contributed by atoms with E-state index < -0.39 is 0 Å². The zero-order valence-electron chi connectivity index (χ0n) is 9.04. The first-order valence-corrected chi connectivity index (χ1v) is 5.25. The van der Waals surface area contributed by atoms with Gasteiger partial charge < -0.3 is 11.1 Å². The molecule has 0 saturated heterocycles. The molecule has 1 aromatic heterocycles. The van der Waals surface area contributed by atoms with Crippen LogP contribution in [0.5, 0.6) is 0 Å². The predicted molar refractivity (Wildman–Crippen MR) is 65.9 cm³/mol. The summed E-state index contributed by atoms with van der Waals surface area (Å²) in [6.07, 6.45) is 1.36. The molecule has 0 unspecified atom stereocenters. The first-order chi connectivity index (χ1) is 8.06. The first kappa shape index (κ1) is 11.6. The number of hydrogen-bond donors (Lipinski definition) is 2. The predicted octanol–water partition coefficient (Wildman–Crippen LogP) is 2.90. The Bertz CT molecular complexity index is 510. The Morgan fingerprint density at radius 2 is 2.18 bits per heavy atom. The molecule has 6 heteroatoms. The summed E-state index contributed by atoms with van der Waals surface area (Å²) in [7, 11) is 0. The van der Waals surface area contributed by atoms with Crippen LogP contribution in [0, 0.1) is 12.7 Å². The summed E-state index contributed by atoms with van der Waals surface area (Å²) in [5.41, 5.74) is 6.65. The van der Waals surface area contributed by atoms with Crippen molar-refractivity contribution in [2.45, 2.75) is 6.92 Å². The number of aromatic nitrogens is 2. The van der Waals surface area contributed by atoms with Gasteiger partial charge in [-0.3, -0.25) is 0 Å². The van der Waals surface area contributed by atoms with Crippen molar-refractivity contribution in [2.24, 2.45) is 0 Å². The van der Waals surface area contributed by atoms with Crippen molar-refractivity contribution in [1.29, 1.82) is 0 Å². The topological polar surface area (TPSA) is 63.8 Å². The second-order valence-corrected chi connectivity index (χ2v) is 3.94. The SMILES string of the molecule is Cc1ccc(F)c(Nc2nc(N)ncc2Cl)c1. The molecule has 2 rings (SSSR count). The Balaban J connectivity index is 2.37. The van der Waals surface area contributed by atoms with Gasteiger partial charge in [-0.15, -0.1) is 0 Å². The largest absolute Gasteiger partial charge is 0.368 e. The third-order valence-corrected chi connectivity index (χ3v) is 2.41. The van der Waals surface area contributed by atoms with Crippen LogP contribution in [0.4, 0.5) is 21.8 Å². The first-order valence-electron chi connectivity index (χ1n) is 4.87. The molecule has 1 aromatic carbocycles. The molecule has 0 amide bonds. The molecule has 1 heterocycles. The van der Waals surface area contributed by atoms with Crippen LogP contribution in [0.2, 0.25) is 5.02 Å². The smallest absolute Gasteiger partial charge is 0.222 e. The number of halogens is 2. The van der Waals surface area contributed by atoms with E-state index in [0.717, 1.165) is 5.56 Å². The van der Waals surface area contributed by atoms with Gasteiger partial charge in [0.2, 0.25) is 5.95 Å². The Hall–Kier alpha value is -1.88. The number of nitrogen functional groups attached to an aromatic ring is 1. The maximum atomic E-state index is 13.5. The second-order valence-electron chi connectivity index (χ2n) is 3.53. The fourth-order valence-electron chi connectivity index (χ4n) is 1.33.